The number of urea groups is 1. The van der Waals surface area contributed by atoms with Crippen molar-refractivity contribution in [2.75, 3.05) is 12.0 Å². The van der Waals surface area contributed by atoms with E-state index in [-0.39, 0.29) is 23.2 Å². The van der Waals surface area contributed by atoms with Crippen LogP contribution in [0, 0.1) is 5.82 Å². The fourth-order valence-corrected chi connectivity index (χ4v) is 3.74. The van der Waals surface area contributed by atoms with Gasteiger partial charge in [-0.3, -0.25) is 14.9 Å². The minimum Gasteiger partial charge on any atom is -0.493 e. The molecular formula is C26H17ClF4N2O5. The van der Waals surface area contributed by atoms with Crippen LogP contribution in [0.3, 0.4) is 0 Å². The number of imide groups is 2. The molecule has 1 N–H and O–H groups in total. The molecule has 0 aromatic heterocycles. The smallest absolute Gasteiger partial charge is 0.416 e. The molecule has 0 saturated carbocycles. The number of nitrogens with zero attached hydrogens (tertiary/aromatic N) is 1. The van der Waals surface area contributed by atoms with Gasteiger partial charge in [-0.2, -0.15) is 13.2 Å². The molecule has 12 heteroatoms. The Balaban J connectivity index is 1.63. The van der Waals surface area contributed by atoms with Gasteiger partial charge in [0, 0.05) is 0 Å². The fraction of sp³-hybridized carbons (Fsp3) is 0.115. The highest BCUT2D eigenvalue weighted by atomic mass is 35.5. The van der Waals surface area contributed by atoms with E-state index in [0.29, 0.717) is 33.9 Å². The molecule has 196 valence electrons. The number of alkyl halides is 3. The third-order valence-electron chi connectivity index (χ3n) is 5.42. The van der Waals surface area contributed by atoms with Gasteiger partial charge in [-0.05, 0) is 59.7 Å². The standard InChI is InChI=1S/C26H17ClF4N2O5/c1-37-22-11-15(4-9-21(22)38-13-14-2-6-17(28)7-3-14)10-18-23(34)32-25(36)33(24(18)35)20-12-16(26(29,30)31)5-8-19(20)27/h2-12H,13H2,1H3,(H,32,34,36)/b18-10+. The molecule has 3 aromatic carbocycles. The Kier molecular flexibility index (Phi) is 7.40. The molecule has 0 atom stereocenters. The largest absolute Gasteiger partial charge is 0.493 e. The fourth-order valence-electron chi connectivity index (χ4n) is 3.54. The van der Waals surface area contributed by atoms with Gasteiger partial charge in [0.05, 0.1) is 23.4 Å². The van der Waals surface area contributed by atoms with Gasteiger partial charge in [0.1, 0.15) is 18.0 Å². The van der Waals surface area contributed by atoms with E-state index in [1.165, 1.54) is 37.4 Å². The SMILES string of the molecule is COc1cc(/C=C2\C(=O)NC(=O)N(c3cc(C(F)(F)F)ccc3Cl)C2=O)ccc1OCc1ccc(F)cc1. The zero-order chi connectivity index (χ0) is 27.6. The van der Waals surface area contributed by atoms with Gasteiger partial charge in [-0.15, -0.1) is 0 Å². The first-order valence-corrected chi connectivity index (χ1v) is 11.2. The Morgan fingerprint density at radius 3 is 2.34 bits per heavy atom. The van der Waals surface area contributed by atoms with E-state index in [0.717, 1.165) is 12.1 Å². The predicted octanol–water partition coefficient (Wildman–Crippen LogP) is 5.75. The van der Waals surface area contributed by atoms with E-state index in [9.17, 15) is 31.9 Å². The molecule has 1 heterocycles. The summed E-state index contributed by atoms with van der Waals surface area (Å²) in [6.07, 6.45) is -3.62. The molecule has 7 nitrogen and oxygen atoms in total. The highest BCUT2D eigenvalue weighted by molar-refractivity contribution is 6.42. The topological polar surface area (TPSA) is 84.9 Å². The minimum atomic E-state index is -4.76. The number of carbonyl (C=O) groups excluding carboxylic acids is 3. The second-order valence-electron chi connectivity index (χ2n) is 7.95. The van der Waals surface area contributed by atoms with Crippen LogP contribution in [0.4, 0.5) is 28.0 Å². The van der Waals surface area contributed by atoms with E-state index >= 15 is 0 Å². The van der Waals surface area contributed by atoms with E-state index in [1.54, 1.807) is 12.1 Å². The first kappa shape index (κ1) is 26.7. The third kappa shape index (κ3) is 5.62. The minimum absolute atomic E-state index is 0.104. The maximum absolute atomic E-state index is 13.2. The zero-order valence-corrected chi connectivity index (χ0v) is 20.2. The number of benzene rings is 3. The second kappa shape index (κ2) is 10.5. The highest BCUT2D eigenvalue weighted by Gasteiger charge is 2.39. The molecule has 4 amide bonds. The summed E-state index contributed by atoms with van der Waals surface area (Å²) in [6, 6.07) is 11.0. The zero-order valence-electron chi connectivity index (χ0n) is 19.4. The molecule has 0 radical (unpaired) electrons. The van der Waals surface area contributed by atoms with Crippen molar-refractivity contribution in [1.29, 1.82) is 0 Å². The van der Waals surface area contributed by atoms with Crippen molar-refractivity contribution in [2.24, 2.45) is 0 Å². The van der Waals surface area contributed by atoms with E-state index < -0.39 is 40.8 Å². The maximum Gasteiger partial charge on any atom is 0.416 e. The van der Waals surface area contributed by atoms with Gasteiger partial charge in [-0.25, -0.2) is 14.1 Å². The van der Waals surface area contributed by atoms with E-state index in [1.807, 2.05) is 5.32 Å². The number of nitrogens with one attached hydrogen (secondary N) is 1. The molecule has 0 unspecified atom stereocenters. The van der Waals surface area contributed by atoms with Crippen LogP contribution in [0.25, 0.3) is 6.08 Å². The van der Waals surface area contributed by atoms with Crippen LogP contribution in [0.2, 0.25) is 5.02 Å². The highest BCUT2D eigenvalue weighted by Crippen LogP contribution is 2.37. The molecule has 1 saturated heterocycles. The van der Waals surface area contributed by atoms with E-state index in [2.05, 4.69) is 0 Å². The molecule has 0 aliphatic carbocycles. The molecule has 1 aliphatic heterocycles. The molecule has 3 aromatic rings. The summed E-state index contributed by atoms with van der Waals surface area (Å²) >= 11 is 6.00. The van der Waals surface area contributed by atoms with Crippen molar-refractivity contribution >= 4 is 41.2 Å². The van der Waals surface area contributed by atoms with Crippen molar-refractivity contribution in [3.05, 3.63) is 93.8 Å². The van der Waals surface area contributed by atoms with Crippen LogP contribution in [-0.2, 0) is 22.4 Å². The maximum atomic E-state index is 13.2. The van der Waals surface area contributed by atoms with Crippen molar-refractivity contribution in [3.8, 4) is 11.5 Å². The average molecular weight is 549 g/mol. The first-order chi connectivity index (χ1) is 18.0. The quantitative estimate of drug-likeness (QED) is 0.241. The Bertz CT molecular complexity index is 1450. The number of hydrogen-bond donors (Lipinski definition) is 1. The van der Waals surface area contributed by atoms with Gasteiger partial charge in [0.2, 0.25) is 0 Å². The lowest BCUT2D eigenvalue weighted by atomic mass is 10.1. The average Bonchev–Trinajstić information content (AvgIpc) is 2.86. The lowest BCUT2D eigenvalue weighted by molar-refractivity contribution is -0.137. The number of barbiturate groups is 1. The van der Waals surface area contributed by atoms with Crippen LogP contribution in [0.15, 0.2) is 66.2 Å². The molecule has 4 rings (SSSR count). The normalized spacial score (nSPS) is 15.1. The van der Waals surface area contributed by atoms with Crippen LogP contribution >= 0.6 is 11.6 Å². The number of amides is 4. The van der Waals surface area contributed by atoms with Gasteiger partial charge in [0.25, 0.3) is 11.8 Å². The molecule has 1 fully saturated rings. The molecule has 38 heavy (non-hydrogen) atoms. The number of ether oxygens (including phenoxy) is 2. The Morgan fingerprint density at radius 2 is 1.68 bits per heavy atom. The predicted molar refractivity (Wildman–Crippen MR) is 129 cm³/mol. The number of methoxy groups -OCH3 is 1. The van der Waals surface area contributed by atoms with Crippen molar-refractivity contribution in [2.45, 2.75) is 12.8 Å². The number of carbonyl (C=O) groups is 3. The van der Waals surface area contributed by atoms with Crippen molar-refractivity contribution in [1.82, 2.24) is 5.32 Å². The van der Waals surface area contributed by atoms with Crippen molar-refractivity contribution in [3.63, 3.8) is 0 Å². The molecule has 0 spiro atoms. The van der Waals surface area contributed by atoms with Crippen molar-refractivity contribution < 1.29 is 41.4 Å². The number of hydrogen-bond acceptors (Lipinski definition) is 5. The second-order valence-corrected chi connectivity index (χ2v) is 8.35. The van der Waals surface area contributed by atoms with Gasteiger partial charge in [0.15, 0.2) is 11.5 Å². The summed E-state index contributed by atoms with van der Waals surface area (Å²) in [6.45, 7) is 0.104. The van der Waals surface area contributed by atoms with E-state index in [4.69, 9.17) is 21.1 Å². The molecule has 0 bridgehead atoms. The lowest BCUT2D eigenvalue weighted by Gasteiger charge is -2.27. The monoisotopic (exact) mass is 548 g/mol. The van der Waals surface area contributed by atoms with Crippen LogP contribution in [0.1, 0.15) is 16.7 Å². The Hall–Kier alpha value is -4.38. The summed E-state index contributed by atoms with van der Waals surface area (Å²) in [5.74, 6) is -2.06. The van der Waals surface area contributed by atoms with Gasteiger partial charge in [-0.1, -0.05) is 29.8 Å². The van der Waals surface area contributed by atoms with Crippen LogP contribution in [0.5, 0.6) is 11.5 Å². The Morgan fingerprint density at radius 1 is 0.974 bits per heavy atom. The molecule has 1 aliphatic rings. The third-order valence-corrected chi connectivity index (χ3v) is 5.74. The summed E-state index contributed by atoms with van der Waals surface area (Å²) in [5, 5.41) is 1.63. The summed E-state index contributed by atoms with van der Waals surface area (Å²) < 4.78 is 63.7. The number of anilines is 1. The van der Waals surface area contributed by atoms with Crippen LogP contribution in [-0.4, -0.2) is 25.0 Å². The van der Waals surface area contributed by atoms with Gasteiger partial charge < -0.3 is 9.47 Å². The summed E-state index contributed by atoms with van der Waals surface area (Å²) in [7, 11) is 1.37. The Labute approximate surface area is 218 Å². The van der Waals surface area contributed by atoms with Crippen LogP contribution < -0.4 is 19.7 Å². The van der Waals surface area contributed by atoms with Gasteiger partial charge >= 0.3 is 12.2 Å². The number of rotatable bonds is 6. The summed E-state index contributed by atoms with van der Waals surface area (Å²) in [4.78, 5) is 38.4. The number of halogens is 5. The first-order valence-electron chi connectivity index (χ1n) is 10.8. The molecular weight excluding hydrogens is 532 g/mol. The summed E-state index contributed by atoms with van der Waals surface area (Å²) in [5.41, 5.74) is -1.22. The lowest BCUT2D eigenvalue weighted by Crippen LogP contribution is -2.54.